The number of anilines is 1. The first kappa shape index (κ1) is 29.0. The van der Waals surface area contributed by atoms with Gasteiger partial charge in [-0.25, -0.2) is 13.2 Å². The van der Waals surface area contributed by atoms with Crippen LogP contribution < -0.4 is 25.2 Å². The van der Waals surface area contributed by atoms with Gasteiger partial charge < -0.3 is 20.5 Å². The van der Waals surface area contributed by atoms with E-state index in [9.17, 15) is 31.2 Å². The maximum absolute atomic E-state index is 12.8. The minimum absolute atomic E-state index is 0.0534. The summed E-state index contributed by atoms with van der Waals surface area (Å²) in [5.74, 6) is -4.52. The fourth-order valence-electron chi connectivity index (χ4n) is 3.21. The van der Waals surface area contributed by atoms with E-state index >= 15 is 0 Å². The zero-order valence-electron chi connectivity index (χ0n) is 20.1. The van der Waals surface area contributed by atoms with Crippen LogP contribution in [0.3, 0.4) is 0 Å². The minimum atomic E-state index is -5.36. The van der Waals surface area contributed by atoms with Crippen LogP contribution in [0.4, 0.5) is 18.9 Å². The first-order valence-electron chi connectivity index (χ1n) is 11.2. The first-order chi connectivity index (χ1) is 18.3. The van der Waals surface area contributed by atoms with E-state index in [1.807, 2.05) is 0 Å². The monoisotopic (exact) mass is 564 g/mol. The van der Waals surface area contributed by atoms with Crippen LogP contribution in [0.25, 0.3) is 0 Å². The Balaban J connectivity index is 1.72. The number of benzene rings is 3. The maximum atomic E-state index is 12.8. The Labute approximate surface area is 221 Å². The third kappa shape index (κ3) is 8.74. The average molecular weight is 565 g/mol. The van der Waals surface area contributed by atoms with Crippen molar-refractivity contribution in [1.29, 1.82) is 5.41 Å². The lowest BCUT2D eigenvalue weighted by molar-refractivity contribution is -0.189. The van der Waals surface area contributed by atoms with Gasteiger partial charge in [0.05, 0.1) is 23.5 Å². The molecule has 0 unspecified atom stereocenters. The summed E-state index contributed by atoms with van der Waals surface area (Å²) in [6.45, 7) is -0.149. The molecule has 0 saturated heterocycles. The molecule has 3 rings (SSSR count). The molecule has 0 aromatic heterocycles. The van der Waals surface area contributed by atoms with Crippen LogP contribution in [0, 0.1) is 5.41 Å². The Kier molecular flexibility index (Phi) is 9.14. The van der Waals surface area contributed by atoms with Gasteiger partial charge in [0, 0.05) is 11.6 Å². The summed E-state index contributed by atoms with van der Waals surface area (Å²) < 4.78 is 75.6. The van der Waals surface area contributed by atoms with Crippen molar-refractivity contribution in [3.8, 4) is 11.5 Å². The summed E-state index contributed by atoms with van der Waals surface area (Å²) in [5, 5.41) is 9.86. The van der Waals surface area contributed by atoms with Crippen LogP contribution in [0.15, 0.2) is 72.8 Å². The predicted molar refractivity (Wildman–Crippen MR) is 136 cm³/mol. The highest BCUT2D eigenvalue weighted by Crippen LogP contribution is 2.28. The zero-order valence-corrected chi connectivity index (χ0v) is 20.9. The number of nitrogens with two attached hydrogens (primary N) is 1. The van der Waals surface area contributed by atoms with E-state index in [1.165, 1.54) is 6.07 Å². The van der Waals surface area contributed by atoms with Crippen molar-refractivity contribution in [2.45, 2.75) is 11.9 Å². The lowest BCUT2D eigenvalue weighted by Crippen LogP contribution is -2.31. The first-order valence-corrected chi connectivity index (χ1v) is 12.8. The highest BCUT2D eigenvalue weighted by atomic mass is 32.2. The number of halogens is 3. The summed E-state index contributed by atoms with van der Waals surface area (Å²) >= 11 is 0. The van der Waals surface area contributed by atoms with E-state index in [1.54, 1.807) is 48.5 Å². The molecule has 0 aliphatic heterocycles. The number of nitrogen functional groups attached to an aromatic ring is 1. The molecule has 3 aromatic rings. The van der Waals surface area contributed by atoms with Crippen molar-refractivity contribution in [1.82, 2.24) is 5.32 Å². The second-order valence-corrected chi connectivity index (χ2v) is 9.71. The molecular formula is C25H23F3N4O6S. The van der Waals surface area contributed by atoms with Crippen LogP contribution in [0.2, 0.25) is 0 Å². The number of carbonyl (C=O) groups excluding carboxylic acids is 2. The number of ether oxygens (including phenoxy) is 2. The van der Waals surface area contributed by atoms with Crippen molar-refractivity contribution in [3.63, 3.8) is 0 Å². The molecule has 0 spiro atoms. The van der Waals surface area contributed by atoms with Crippen LogP contribution in [-0.4, -0.2) is 45.5 Å². The van der Waals surface area contributed by atoms with Crippen LogP contribution in [-0.2, 0) is 20.6 Å². The van der Waals surface area contributed by atoms with E-state index in [0.717, 1.165) is 18.2 Å². The second-order valence-electron chi connectivity index (χ2n) is 7.99. The van der Waals surface area contributed by atoms with Crippen LogP contribution in [0.5, 0.6) is 11.5 Å². The van der Waals surface area contributed by atoms with Crippen LogP contribution >= 0.6 is 0 Å². The fourth-order valence-corrected chi connectivity index (χ4v) is 4.40. The van der Waals surface area contributed by atoms with Crippen molar-refractivity contribution in [2.24, 2.45) is 5.73 Å². The SMILES string of the molecule is N=C(N)c1cccc(OCCNC(=O)c2ccc(NS(=O)(=O)Cc3ccccc3)cc2OC(=O)C(F)(F)F)c1. The van der Waals surface area contributed by atoms with Crippen molar-refractivity contribution >= 4 is 33.4 Å². The summed E-state index contributed by atoms with van der Waals surface area (Å²) in [6.07, 6.45) is -5.36. The Hall–Kier alpha value is -4.59. The second kappa shape index (κ2) is 12.3. The van der Waals surface area contributed by atoms with Crippen molar-refractivity contribution in [3.05, 3.63) is 89.5 Å². The Morgan fingerprint density at radius 1 is 0.974 bits per heavy atom. The summed E-state index contributed by atoms with van der Waals surface area (Å²) in [7, 11) is -4.00. The molecule has 0 bridgehead atoms. The molecule has 0 aliphatic carbocycles. The number of carbonyl (C=O) groups is 2. The maximum Gasteiger partial charge on any atom is 0.491 e. The van der Waals surface area contributed by atoms with E-state index in [2.05, 4.69) is 14.8 Å². The largest absolute Gasteiger partial charge is 0.492 e. The number of alkyl halides is 3. The summed E-state index contributed by atoms with van der Waals surface area (Å²) in [4.78, 5) is 24.1. The third-order valence-corrected chi connectivity index (χ3v) is 6.19. The number of rotatable bonds is 11. The number of amides is 1. The third-order valence-electron chi connectivity index (χ3n) is 4.93. The lowest BCUT2D eigenvalue weighted by atomic mass is 10.1. The molecule has 0 saturated carbocycles. The predicted octanol–water partition coefficient (Wildman–Crippen LogP) is 3.19. The highest BCUT2D eigenvalue weighted by molar-refractivity contribution is 7.91. The molecule has 0 atom stereocenters. The molecule has 10 nitrogen and oxygen atoms in total. The molecule has 14 heteroatoms. The average Bonchev–Trinajstić information content (AvgIpc) is 2.86. The van der Waals surface area contributed by atoms with Gasteiger partial charge in [-0.05, 0) is 29.8 Å². The van der Waals surface area contributed by atoms with Gasteiger partial charge in [-0.1, -0.05) is 42.5 Å². The normalized spacial score (nSPS) is 11.4. The molecule has 5 N–H and O–H groups in total. The Morgan fingerprint density at radius 3 is 2.36 bits per heavy atom. The zero-order chi connectivity index (χ0) is 28.6. The Bertz CT molecular complexity index is 1460. The van der Waals surface area contributed by atoms with Gasteiger partial charge in [-0.2, -0.15) is 13.2 Å². The number of esters is 1. The highest BCUT2D eigenvalue weighted by Gasteiger charge is 2.42. The number of nitrogens with one attached hydrogen (secondary N) is 3. The van der Waals surface area contributed by atoms with Gasteiger partial charge in [0.2, 0.25) is 10.0 Å². The smallest absolute Gasteiger partial charge is 0.491 e. The molecule has 206 valence electrons. The lowest BCUT2D eigenvalue weighted by Gasteiger charge is -2.15. The molecule has 0 heterocycles. The topological polar surface area (TPSA) is 161 Å². The van der Waals surface area contributed by atoms with Gasteiger partial charge in [-0.15, -0.1) is 0 Å². The summed E-state index contributed by atoms with van der Waals surface area (Å²) in [6, 6.07) is 17.4. The van der Waals surface area contributed by atoms with E-state index < -0.39 is 45.1 Å². The molecule has 39 heavy (non-hydrogen) atoms. The van der Waals surface area contributed by atoms with Crippen LogP contribution in [0.1, 0.15) is 21.5 Å². The molecule has 3 aromatic carbocycles. The van der Waals surface area contributed by atoms with Crippen molar-refractivity contribution < 1.29 is 40.7 Å². The molecule has 0 aliphatic rings. The Morgan fingerprint density at radius 2 is 1.69 bits per heavy atom. The van der Waals surface area contributed by atoms with Crippen molar-refractivity contribution in [2.75, 3.05) is 17.9 Å². The van der Waals surface area contributed by atoms with Gasteiger partial charge in [0.1, 0.15) is 23.9 Å². The molecular weight excluding hydrogens is 541 g/mol. The fraction of sp³-hybridized carbons (Fsp3) is 0.160. The molecule has 1 amide bonds. The van der Waals surface area contributed by atoms with E-state index in [0.29, 0.717) is 16.9 Å². The van der Waals surface area contributed by atoms with Gasteiger partial charge in [0.15, 0.2) is 0 Å². The summed E-state index contributed by atoms with van der Waals surface area (Å²) in [5.41, 5.74) is 5.64. The standard InChI is InChI=1S/C25H23F3N4O6S/c26-25(27,28)24(34)38-21-14-18(32-39(35,36)15-16-5-2-1-3-6-16)9-10-20(21)23(33)31-11-12-37-19-8-4-7-17(13-19)22(29)30/h1-10,13-14,32H,11-12,15H2,(H3,29,30)(H,31,33). The number of sulfonamides is 1. The molecule has 0 fully saturated rings. The van der Waals surface area contributed by atoms with E-state index in [4.69, 9.17) is 15.9 Å². The van der Waals surface area contributed by atoms with Gasteiger partial charge in [0.25, 0.3) is 5.91 Å². The van der Waals surface area contributed by atoms with Gasteiger partial charge in [-0.3, -0.25) is 14.9 Å². The number of amidine groups is 1. The number of hydrogen-bond donors (Lipinski definition) is 4. The quantitative estimate of drug-likeness (QED) is 0.0915. The number of hydrogen-bond acceptors (Lipinski definition) is 7. The molecule has 0 radical (unpaired) electrons. The van der Waals surface area contributed by atoms with Gasteiger partial charge >= 0.3 is 12.1 Å². The minimum Gasteiger partial charge on any atom is -0.492 e. The van der Waals surface area contributed by atoms with E-state index in [-0.39, 0.29) is 24.7 Å².